The largest absolute Gasteiger partial charge is 0.354 e. The van der Waals surface area contributed by atoms with Crippen molar-refractivity contribution in [3.63, 3.8) is 0 Å². The van der Waals surface area contributed by atoms with Gasteiger partial charge in [-0.2, -0.15) is 4.31 Å². The van der Waals surface area contributed by atoms with Crippen molar-refractivity contribution >= 4 is 61.5 Å². The van der Waals surface area contributed by atoms with Crippen LogP contribution in [0.3, 0.4) is 0 Å². The molecule has 1 N–H and O–H groups in total. The maximum atomic E-state index is 12.7. The molecule has 8 nitrogen and oxygen atoms in total. The Morgan fingerprint density at radius 1 is 1.17 bits per heavy atom. The van der Waals surface area contributed by atoms with E-state index in [1.807, 2.05) is 24.3 Å². The zero-order valence-electron chi connectivity index (χ0n) is 16.2. The summed E-state index contributed by atoms with van der Waals surface area (Å²) >= 11 is 6.80. The van der Waals surface area contributed by atoms with Crippen LogP contribution in [0.2, 0.25) is 4.34 Å². The lowest BCUT2D eigenvalue weighted by Crippen LogP contribution is -2.35. The summed E-state index contributed by atoms with van der Waals surface area (Å²) in [7, 11) is -2.45. The summed E-state index contributed by atoms with van der Waals surface area (Å²) in [6, 6.07) is 10.4. The summed E-state index contributed by atoms with van der Waals surface area (Å²) in [5.41, 5.74) is 1.40. The van der Waals surface area contributed by atoms with Gasteiger partial charge in [0.25, 0.3) is 10.0 Å². The molecule has 1 aromatic carbocycles. The van der Waals surface area contributed by atoms with Gasteiger partial charge in [0.1, 0.15) is 4.21 Å². The molecule has 1 saturated heterocycles. The molecule has 0 bridgehead atoms. The number of thiophene rings is 1. The van der Waals surface area contributed by atoms with Crippen molar-refractivity contribution in [3.05, 3.63) is 40.7 Å². The van der Waals surface area contributed by atoms with E-state index in [9.17, 15) is 13.2 Å². The molecule has 3 aromatic rings. The summed E-state index contributed by atoms with van der Waals surface area (Å²) in [5, 5.41) is 2.76. The van der Waals surface area contributed by atoms with Crippen LogP contribution in [0.25, 0.3) is 11.0 Å². The third kappa shape index (κ3) is 4.27. The predicted molar refractivity (Wildman–Crippen MR) is 119 cm³/mol. The minimum absolute atomic E-state index is 0.0889. The second-order valence-electron chi connectivity index (χ2n) is 6.95. The molecular weight excluding hydrogens is 446 g/mol. The lowest BCUT2D eigenvalue weighted by Gasteiger charge is -2.21. The highest BCUT2D eigenvalue weighted by atomic mass is 35.5. The zero-order chi connectivity index (χ0) is 21.3. The molecule has 30 heavy (non-hydrogen) atoms. The van der Waals surface area contributed by atoms with E-state index >= 15 is 0 Å². The molecule has 0 radical (unpaired) electrons. The van der Waals surface area contributed by atoms with Crippen molar-refractivity contribution < 1.29 is 13.2 Å². The molecule has 2 aromatic heterocycles. The fourth-order valence-corrected chi connectivity index (χ4v) is 6.09. The minimum Gasteiger partial charge on any atom is -0.354 e. The third-order valence-electron chi connectivity index (χ3n) is 4.79. The number of nitrogens with one attached hydrogen (secondary N) is 1. The summed E-state index contributed by atoms with van der Waals surface area (Å²) in [4.78, 5) is 24.0. The zero-order valence-corrected chi connectivity index (χ0v) is 18.6. The summed E-state index contributed by atoms with van der Waals surface area (Å²) in [6.45, 7) is 1.32. The third-order valence-corrected chi connectivity index (χ3v) is 8.30. The highest BCUT2D eigenvalue weighted by Crippen LogP contribution is 2.29. The van der Waals surface area contributed by atoms with Crippen LogP contribution in [0.15, 0.2) is 40.6 Å². The maximum absolute atomic E-state index is 12.7. The van der Waals surface area contributed by atoms with Crippen LogP contribution in [0.5, 0.6) is 0 Å². The highest BCUT2D eigenvalue weighted by Gasteiger charge is 2.26. The van der Waals surface area contributed by atoms with Gasteiger partial charge < -0.3 is 10.2 Å². The number of sulfonamides is 1. The summed E-state index contributed by atoms with van der Waals surface area (Å²) in [6.07, 6.45) is 2.10. The maximum Gasteiger partial charge on any atom is 0.252 e. The van der Waals surface area contributed by atoms with Crippen molar-refractivity contribution in [2.75, 3.05) is 36.9 Å². The van der Waals surface area contributed by atoms with Crippen LogP contribution >= 0.6 is 22.9 Å². The van der Waals surface area contributed by atoms with E-state index in [2.05, 4.69) is 15.2 Å². The number of hydrogen-bond donors (Lipinski definition) is 1. The van der Waals surface area contributed by atoms with Gasteiger partial charge in [0.15, 0.2) is 11.6 Å². The molecule has 0 spiro atoms. The van der Waals surface area contributed by atoms with Gasteiger partial charge in [0.05, 0.1) is 21.9 Å². The Morgan fingerprint density at radius 3 is 2.47 bits per heavy atom. The fraction of sp³-hybridized carbons (Fsp3) is 0.316. The van der Waals surface area contributed by atoms with E-state index < -0.39 is 15.9 Å². The average molecular weight is 466 g/mol. The number of carbonyl (C=O) groups is 1. The molecule has 3 heterocycles. The van der Waals surface area contributed by atoms with Gasteiger partial charge >= 0.3 is 0 Å². The number of rotatable bonds is 6. The van der Waals surface area contributed by atoms with Gasteiger partial charge in [-0.1, -0.05) is 23.7 Å². The Kier molecular flexibility index (Phi) is 5.92. The number of hydrogen-bond acceptors (Lipinski definition) is 7. The first kappa shape index (κ1) is 21.0. The van der Waals surface area contributed by atoms with Crippen molar-refractivity contribution in [2.45, 2.75) is 17.1 Å². The standard InChI is InChI=1S/C19H20ClN5O3S2/c1-24(30(27,28)17-9-8-15(20)29-17)12-16(26)23-18-19(25-10-4-5-11-25)22-14-7-3-2-6-13(14)21-18/h2-3,6-9H,4-5,10-12H2,1H3,(H,21,23,26). The van der Waals surface area contributed by atoms with Crippen LogP contribution in [-0.2, 0) is 14.8 Å². The van der Waals surface area contributed by atoms with Gasteiger partial charge in [-0.25, -0.2) is 18.4 Å². The monoisotopic (exact) mass is 465 g/mol. The Bertz CT molecular complexity index is 1190. The molecule has 158 valence electrons. The summed E-state index contributed by atoms with van der Waals surface area (Å²) < 4.78 is 26.7. The molecule has 0 atom stereocenters. The molecule has 0 unspecified atom stereocenters. The van der Waals surface area contributed by atoms with Crippen molar-refractivity contribution in [2.24, 2.45) is 0 Å². The predicted octanol–water partition coefficient (Wildman–Crippen LogP) is 3.20. The first-order chi connectivity index (χ1) is 14.3. The Labute approximate surface area is 183 Å². The van der Waals surface area contributed by atoms with Gasteiger partial charge in [-0.15, -0.1) is 11.3 Å². The Balaban J connectivity index is 1.57. The number of amides is 1. The van der Waals surface area contributed by atoms with Gasteiger partial charge in [0, 0.05) is 20.1 Å². The van der Waals surface area contributed by atoms with Crippen LogP contribution in [-0.4, -0.2) is 55.3 Å². The fourth-order valence-electron chi connectivity index (χ4n) is 3.27. The number of para-hydroxylation sites is 2. The van der Waals surface area contributed by atoms with Gasteiger partial charge in [-0.05, 0) is 37.1 Å². The molecular formula is C19H20ClN5O3S2. The van der Waals surface area contributed by atoms with Crippen LogP contribution < -0.4 is 10.2 Å². The van der Waals surface area contributed by atoms with Crippen molar-refractivity contribution in [1.29, 1.82) is 0 Å². The quantitative estimate of drug-likeness (QED) is 0.600. The number of fused-ring (bicyclic) bond motifs is 1. The minimum atomic E-state index is -3.81. The van der Waals surface area contributed by atoms with Gasteiger partial charge in [0.2, 0.25) is 5.91 Å². The number of aromatic nitrogens is 2. The van der Waals surface area contributed by atoms with Crippen LogP contribution in [0.1, 0.15) is 12.8 Å². The number of nitrogens with zero attached hydrogens (tertiary/aromatic N) is 4. The normalized spacial score (nSPS) is 14.6. The first-order valence-corrected chi connectivity index (χ1v) is 12.0. The number of anilines is 2. The van der Waals surface area contributed by atoms with Crippen LogP contribution in [0, 0.1) is 0 Å². The molecule has 11 heteroatoms. The second-order valence-corrected chi connectivity index (χ2v) is 10.9. The van der Waals surface area contributed by atoms with Crippen LogP contribution in [0.4, 0.5) is 11.6 Å². The number of benzene rings is 1. The highest BCUT2D eigenvalue weighted by molar-refractivity contribution is 7.91. The SMILES string of the molecule is CN(CC(=O)Nc1nc2ccccc2nc1N1CCCC1)S(=O)(=O)c1ccc(Cl)s1. The Hall–Kier alpha value is -2.27. The van der Waals surface area contributed by atoms with E-state index in [4.69, 9.17) is 16.6 Å². The molecule has 0 saturated carbocycles. The smallest absolute Gasteiger partial charge is 0.252 e. The molecule has 1 fully saturated rings. The lowest BCUT2D eigenvalue weighted by atomic mass is 10.3. The van der Waals surface area contributed by atoms with E-state index in [-0.39, 0.29) is 10.8 Å². The lowest BCUT2D eigenvalue weighted by molar-refractivity contribution is -0.116. The number of carbonyl (C=O) groups excluding carboxylic acids is 1. The summed E-state index contributed by atoms with van der Waals surface area (Å²) in [5.74, 6) is 0.453. The average Bonchev–Trinajstić information content (AvgIpc) is 3.39. The van der Waals surface area contributed by atoms with Crippen molar-refractivity contribution in [3.8, 4) is 0 Å². The van der Waals surface area contributed by atoms with E-state index in [0.29, 0.717) is 21.5 Å². The van der Waals surface area contributed by atoms with Crippen molar-refractivity contribution in [1.82, 2.24) is 14.3 Å². The molecule has 1 amide bonds. The molecule has 4 rings (SSSR count). The molecule has 1 aliphatic rings. The topological polar surface area (TPSA) is 95.5 Å². The molecule has 1 aliphatic heterocycles. The van der Waals surface area contributed by atoms with E-state index in [1.54, 1.807) is 0 Å². The molecule has 0 aliphatic carbocycles. The second kappa shape index (κ2) is 8.46. The Morgan fingerprint density at radius 2 is 1.83 bits per heavy atom. The van der Waals surface area contributed by atoms with E-state index in [0.717, 1.165) is 47.1 Å². The number of halogens is 1. The van der Waals surface area contributed by atoms with E-state index in [1.165, 1.54) is 19.2 Å². The van der Waals surface area contributed by atoms with Gasteiger partial charge in [-0.3, -0.25) is 4.79 Å². The number of likely N-dealkylation sites (N-methyl/N-ethyl adjacent to an activating group) is 1. The first-order valence-electron chi connectivity index (χ1n) is 9.38.